The summed E-state index contributed by atoms with van der Waals surface area (Å²) in [6.45, 7) is 0. The van der Waals surface area contributed by atoms with E-state index in [1.165, 1.54) is 0 Å². The highest BCUT2D eigenvalue weighted by molar-refractivity contribution is 6.34. The Kier molecular flexibility index (Phi) is 4.13. The van der Waals surface area contributed by atoms with Crippen LogP contribution in [0, 0.1) is 0 Å². The van der Waals surface area contributed by atoms with Crippen LogP contribution in [-0.4, -0.2) is 19.9 Å². The smallest absolute Gasteiger partial charge is 0.193 e. The molecule has 0 heterocycles. The lowest BCUT2D eigenvalue weighted by atomic mass is 10.0. The third kappa shape index (κ3) is 3.09. The molecule has 0 unspecified atom stereocenters. The number of nitrogens with zero attached hydrogens (tertiary/aromatic N) is 1. The first-order valence-electron chi connectivity index (χ1n) is 5.76. The predicted octanol–water partition coefficient (Wildman–Crippen LogP) is 4.29. The summed E-state index contributed by atoms with van der Waals surface area (Å²) in [4.78, 5) is 14.2. The van der Waals surface area contributed by atoms with Crippen molar-refractivity contribution >= 4 is 34.7 Å². The third-order valence-corrected chi connectivity index (χ3v) is 3.32. The van der Waals surface area contributed by atoms with E-state index in [1.54, 1.807) is 36.4 Å². The van der Waals surface area contributed by atoms with E-state index >= 15 is 0 Å². The summed E-state index contributed by atoms with van der Waals surface area (Å²) in [5, 5.41) is 1.10. The maximum Gasteiger partial charge on any atom is 0.193 e. The van der Waals surface area contributed by atoms with E-state index in [1.807, 2.05) is 25.1 Å². The van der Waals surface area contributed by atoms with Gasteiger partial charge in [0, 0.05) is 30.2 Å². The summed E-state index contributed by atoms with van der Waals surface area (Å²) in [6, 6.07) is 12.2. The van der Waals surface area contributed by atoms with Crippen LogP contribution >= 0.6 is 23.2 Å². The molecular formula is C15H13Cl2NO. The van der Waals surface area contributed by atoms with Gasteiger partial charge in [0.15, 0.2) is 5.78 Å². The number of hydrogen-bond donors (Lipinski definition) is 0. The maximum absolute atomic E-state index is 12.3. The number of halogens is 2. The van der Waals surface area contributed by atoms with E-state index in [2.05, 4.69) is 0 Å². The number of benzene rings is 2. The molecule has 4 heteroatoms. The van der Waals surface area contributed by atoms with Crippen molar-refractivity contribution in [3.8, 4) is 0 Å². The molecule has 2 aromatic rings. The highest BCUT2D eigenvalue weighted by atomic mass is 35.5. The monoisotopic (exact) mass is 293 g/mol. The Morgan fingerprint density at radius 1 is 1.00 bits per heavy atom. The van der Waals surface area contributed by atoms with Crippen molar-refractivity contribution < 1.29 is 4.79 Å². The fourth-order valence-electron chi connectivity index (χ4n) is 1.81. The van der Waals surface area contributed by atoms with Crippen LogP contribution in [0.1, 0.15) is 15.9 Å². The standard InChI is InChI=1S/C15H13Cl2NO/c1-18(2)14-7-6-11(9-13(14)17)15(19)10-4-3-5-12(16)8-10/h3-9H,1-2H3. The minimum atomic E-state index is -0.0882. The summed E-state index contributed by atoms with van der Waals surface area (Å²) in [5.41, 5.74) is 1.99. The van der Waals surface area contributed by atoms with Gasteiger partial charge in [0.2, 0.25) is 0 Å². The second kappa shape index (κ2) is 5.64. The van der Waals surface area contributed by atoms with E-state index in [0.29, 0.717) is 21.2 Å². The number of ketones is 1. The van der Waals surface area contributed by atoms with E-state index in [-0.39, 0.29) is 5.78 Å². The maximum atomic E-state index is 12.3. The van der Waals surface area contributed by atoms with E-state index in [9.17, 15) is 4.79 Å². The van der Waals surface area contributed by atoms with E-state index in [4.69, 9.17) is 23.2 Å². The third-order valence-electron chi connectivity index (χ3n) is 2.78. The van der Waals surface area contributed by atoms with Crippen LogP contribution in [0.4, 0.5) is 5.69 Å². The zero-order chi connectivity index (χ0) is 14.0. The molecular weight excluding hydrogens is 281 g/mol. The quantitative estimate of drug-likeness (QED) is 0.787. The number of carbonyl (C=O) groups excluding carboxylic acids is 1. The Morgan fingerprint density at radius 3 is 2.26 bits per heavy atom. The molecule has 19 heavy (non-hydrogen) atoms. The lowest BCUT2D eigenvalue weighted by Crippen LogP contribution is -2.10. The summed E-state index contributed by atoms with van der Waals surface area (Å²) in [7, 11) is 3.80. The Bertz CT molecular complexity index is 623. The van der Waals surface area contributed by atoms with Gasteiger partial charge in [-0.25, -0.2) is 0 Å². The van der Waals surface area contributed by atoms with Crippen molar-refractivity contribution in [2.24, 2.45) is 0 Å². The van der Waals surface area contributed by atoms with Crippen molar-refractivity contribution in [1.29, 1.82) is 0 Å². The number of carbonyl (C=O) groups is 1. The molecule has 0 aliphatic heterocycles. The lowest BCUT2D eigenvalue weighted by molar-refractivity contribution is 0.103. The fourth-order valence-corrected chi connectivity index (χ4v) is 2.35. The SMILES string of the molecule is CN(C)c1ccc(C(=O)c2cccc(Cl)c2)cc1Cl. The van der Waals surface area contributed by atoms with Gasteiger partial charge in [-0.3, -0.25) is 4.79 Å². The molecule has 0 radical (unpaired) electrons. The minimum absolute atomic E-state index is 0.0882. The topological polar surface area (TPSA) is 20.3 Å². The van der Waals surface area contributed by atoms with Crippen LogP contribution in [0.15, 0.2) is 42.5 Å². The number of rotatable bonds is 3. The zero-order valence-corrected chi connectivity index (χ0v) is 12.2. The molecule has 2 nitrogen and oxygen atoms in total. The average Bonchev–Trinajstić information content (AvgIpc) is 2.37. The van der Waals surface area contributed by atoms with Crippen LogP contribution in [0.3, 0.4) is 0 Å². The molecule has 0 atom stereocenters. The van der Waals surface area contributed by atoms with Gasteiger partial charge in [-0.1, -0.05) is 35.3 Å². The van der Waals surface area contributed by atoms with Crippen molar-refractivity contribution in [2.75, 3.05) is 19.0 Å². The zero-order valence-electron chi connectivity index (χ0n) is 10.7. The number of anilines is 1. The lowest BCUT2D eigenvalue weighted by Gasteiger charge is -2.14. The minimum Gasteiger partial charge on any atom is -0.376 e. The molecule has 2 rings (SSSR count). The highest BCUT2D eigenvalue weighted by Crippen LogP contribution is 2.26. The van der Waals surface area contributed by atoms with E-state index in [0.717, 1.165) is 5.69 Å². The van der Waals surface area contributed by atoms with Gasteiger partial charge in [0.1, 0.15) is 0 Å². The van der Waals surface area contributed by atoms with Crippen LogP contribution in [0.2, 0.25) is 10.0 Å². The average molecular weight is 294 g/mol. The van der Waals surface area contributed by atoms with Gasteiger partial charge < -0.3 is 4.90 Å². The second-order valence-electron chi connectivity index (χ2n) is 4.40. The summed E-state index contributed by atoms with van der Waals surface area (Å²) in [6.07, 6.45) is 0. The van der Waals surface area contributed by atoms with Gasteiger partial charge in [-0.2, -0.15) is 0 Å². The fraction of sp³-hybridized carbons (Fsp3) is 0.133. The Balaban J connectivity index is 2.37. The van der Waals surface area contributed by atoms with Crippen LogP contribution in [0.5, 0.6) is 0 Å². The predicted molar refractivity (Wildman–Crippen MR) is 80.7 cm³/mol. The highest BCUT2D eigenvalue weighted by Gasteiger charge is 2.12. The van der Waals surface area contributed by atoms with Crippen LogP contribution < -0.4 is 4.90 Å². The molecule has 0 aromatic heterocycles. The Labute approximate surface area is 122 Å². The van der Waals surface area contributed by atoms with Crippen molar-refractivity contribution in [1.82, 2.24) is 0 Å². The van der Waals surface area contributed by atoms with Gasteiger partial charge in [0.05, 0.1) is 10.7 Å². The van der Waals surface area contributed by atoms with Gasteiger partial charge in [-0.05, 0) is 30.3 Å². The number of hydrogen-bond acceptors (Lipinski definition) is 2. The molecule has 98 valence electrons. The van der Waals surface area contributed by atoms with E-state index < -0.39 is 0 Å². The first-order chi connectivity index (χ1) is 8.99. The molecule has 2 aromatic carbocycles. The summed E-state index contributed by atoms with van der Waals surface area (Å²) in [5.74, 6) is -0.0882. The van der Waals surface area contributed by atoms with Gasteiger partial charge in [0.25, 0.3) is 0 Å². The molecule has 0 aliphatic rings. The first-order valence-corrected chi connectivity index (χ1v) is 6.52. The van der Waals surface area contributed by atoms with Crippen LogP contribution in [0.25, 0.3) is 0 Å². The van der Waals surface area contributed by atoms with Crippen LogP contribution in [-0.2, 0) is 0 Å². The summed E-state index contributed by atoms with van der Waals surface area (Å²) >= 11 is 12.1. The summed E-state index contributed by atoms with van der Waals surface area (Å²) < 4.78 is 0. The van der Waals surface area contributed by atoms with Crippen molar-refractivity contribution in [3.63, 3.8) is 0 Å². The molecule has 0 saturated carbocycles. The van der Waals surface area contributed by atoms with Gasteiger partial charge >= 0.3 is 0 Å². The molecule has 0 N–H and O–H groups in total. The Morgan fingerprint density at radius 2 is 1.68 bits per heavy atom. The van der Waals surface area contributed by atoms with Crippen molar-refractivity contribution in [3.05, 3.63) is 63.6 Å². The molecule has 0 aliphatic carbocycles. The molecule has 0 spiro atoms. The molecule has 0 fully saturated rings. The molecule has 0 saturated heterocycles. The second-order valence-corrected chi connectivity index (χ2v) is 5.24. The largest absolute Gasteiger partial charge is 0.376 e. The normalized spacial score (nSPS) is 10.3. The molecule has 0 bridgehead atoms. The van der Waals surface area contributed by atoms with Crippen molar-refractivity contribution in [2.45, 2.75) is 0 Å². The van der Waals surface area contributed by atoms with Gasteiger partial charge in [-0.15, -0.1) is 0 Å². The first kappa shape index (κ1) is 13.9. The molecule has 0 amide bonds. The Hall–Kier alpha value is -1.51.